The number of hydrogen-bond donors (Lipinski definition) is 0. The van der Waals surface area contributed by atoms with Crippen LogP contribution in [-0.2, 0) is 9.47 Å². The summed E-state index contributed by atoms with van der Waals surface area (Å²) in [5.74, 6) is 0.663. The average molecular weight is 164 g/mol. The van der Waals surface area contributed by atoms with E-state index in [1.807, 2.05) is 0 Å². The molecule has 0 aromatic carbocycles. The van der Waals surface area contributed by atoms with Crippen molar-refractivity contribution in [2.24, 2.45) is 5.92 Å². The molecule has 0 bridgehead atoms. The molecule has 12 heavy (non-hydrogen) atoms. The summed E-state index contributed by atoms with van der Waals surface area (Å²) < 4.78 is 11.1. The minimum atomic E-state index is 0.0905. The predicted octanol–water partition coefficient (Wildman–Crippen LogP) is 1.75. The van der Waals surface area contributed by atoms with Crippen LogP contribution in [0.3, 0.4) is 0 Å². The van der Waals surface area contributed by atoms with Gasteiger partial charge in [-0.15, -0.1) is 0 Å². The summed E-state index contributed by atoms with van der Waals surface area (Å²) in [6, 6.07) is 0. The quantitative estimate of drug-likeness (QED) is 0.589. The third kappa shape index (κ3) is 3.96. The van der Waals surface area contributed by atoms with E-state index in [1.165, 1.54) is 17.9 Å². The van der Waals surface area contributed by atoms with Gasteiger partial charge in [0.15, 0.2) is 0 Å². The van der Waals surface area contributed by atoms with Gasteiger partial charge in [-0.25, -0.2) is 0 Å². The van der Waals surface area contributed by atoms with E-state index in [0.717, 1.165) is 19.6 Å². The van der Waals surface area contributed by atoms with Crippen LogP contribution in [0.2, 0.25) is 5.09 Å². The van der Waals surface area contributed by atoms with E-state index in [0.29, 0.717) is 5.92 Å². The maximum absolute atomic E-state index is 5.61. The summed E-state index contributed by atoms with van der Waals surface area (Å²) in [6.45, 7) is 3.94. The molecule has 1 aliphatic heterocycles. The molecule has 0 saturated carbocycles. The van der Waals surface area contributed by atoms with Gasteiger partial charge in [-0.3, -0.25) is 0 Å². The van der Waals surface area contributed by atoms with Crippen LogP contribution in [0.15, 0.2) is 0 Å². The predicted molar refractivity (Wildman–Crippen MR) is 49.3 cm³/mol. The second-order valence-electron chi connectivity index (χ2n) is 3.64. The summed E-state index contributed by atoms with van der Waals surface area (Å²) in [5.41, 5.74) is 0. The van der Waals surface area contributed by atoms with E-state index in [4.69, 9.17) is 9.47 Å². The Morgan fingerprint density at radius 3 is 3.00 bits per heavy atom. The molecule has 0 N–H and O–H groups in total. The zero-order valence-corrected chi connectivity index (χ0v) is 8.21. The molecule has 1 aliphatic rings. The van der Waals surface area contributed by atoms with Crippen LogP contribution in [0.4, 0.5) is 0 Å². The summed E-state index contributed by atoms with van der Waals surface area (Å²) in [7, 11) is 0. The molecular weight excluding hydrogens is 147 g/mol. The van der Waals surface area contributed by atoms with Crippen molar-refractivity contribution in [2.45, 2.75) is 37.6 Å². The van der Waals surface area contributed by atoms with Gasteiger partial charge < -0.3 is 0 Å². The Balaban J connectivity index is 2.05. The molecule has 3 heteroatoms. The molecule has 0 aromatic heterocycles. The second kappa shape index (κ2) is 6.04. The first kappa shape index (κ1) is 10.6. The molecule has 2 atom stereocenters. The van der Waals surface area contributed by atoms with Crippen molar-refractivity contribution in [3.8, 4) is 0 Å². The third-order valence-electron chi connectivity index (χ3n) is 2.40. The standard InChI is InChI=1S/C9H17O2.Li/c1-8(2)7-11-9-5-3-4-6-10-9;/h8-9H,1,3-7H2,2H3;/t8?,9-;/m1./s1. The molecule has 0 radical (unpaired) electrons. The van der Waals surface area contributed by atoms with Crippen molar-refractivity contribution >= 4 is 17.7 Å². The Bertz CT molecular complexity index is 113. The molecule has 0 spiro atoms. The van der Waals surface area contributed by atoms with E-state index < -0.39 is 0 Å². The normalized spacial score (nSPS) is 27.1. The van der Waals surface area contributed by atoms with E-state index in [9.17, 15) is 0 Å². The summed E-state index contributed by atoms with van der Waals surface area (Å²) in [5, 5.41) is 1.19. The molecule has 1 rings (SSSR count). The summed E-state index contributed by atoms with van der Waals surface area (Å²) in [6.07, 6.45) is 3.62. The summed E-state index contributed by atoms with van der Waals surface area (Å²) in [4.78, 5) is 0. The number of rotatable bonds is 4. The van der Waals surface area contributed by atoms with E-state index in [1.54, 1.807) is 0 Å². The van der Waals surface area contributed by atoms with Crippen molar-refractivity contribution in [3.63, 3.8) is 0 Å². The number of hydrogen-bond acceptors (Lipinski definition) is 2. The monoisotopic (exact) mass is 164 g/mol. The van der Waals surface area contributed by atoms with Gasteiger partial charge in [-0.1, -0.05) is 0 Å². The van der Waals surface area contributed by atoms with Crippen LogP contribution in [0, 0.1) is 5.92 Å². The molecule has 66 valence electrons. The number of ether oxygens (including phenoxy) is 2. The van der Waals surface area contributed by atoms with Crippen molar-refractivity contribution in [1.29, 1.82) is 0 Å². The van der Waals surface area contributed by atoms with Crippen LogP contribution in [0.1, 0.15) is 26.2 Å². The summed E-state index contributed by atoms with van der Waals surface area (Å²) >= 11 is 2.19. The molecule has 1 fully saturated rings. The molecule has 1 heterocycles. The van der Waals surface area contributed by atoms with Gasteiger partial charge in [-0.2, -0.15) is 0 Å². The molecule has 0 aliphatic carbocycles. The first-order valence-corrected chi connectivity index (χ1v) is 5.06. The van der Waals surface area contributed by atoms with Crippen molar-refractivity contribution in [2.75, 3.05) is 13.2 Å². The Kier molecular flexibility index (Phi) is 5.34. The van der Waals surface area contributed by atoms with E-state index >= 15 is 0 Å². The zero-order valence-electron chi connectivity index (χ0n) is 8.21. The molecule has 1 saturated heterocycles. The van der Waals surface area contributed by atoms with E-state index in [2.05, 4.69) is 24.6 Å². The van der Waals surface area contributed by atoms with Crippen molar-refractivity contribution < 1.29 is 9.47 Å². The molecular formula is C9H17LiO2. The van der Waals surface area contributed by atoms with Crippen LogP contribution in [-0.4, -0.2) is 37.2 Å². The first-order chi connectivity index (χ1) is 5.83. The van der Waals surface area contributed by atoms with Gasteiger partial charge in [0.05, 0.1) is 0 Å². The second-order valence-corrected chi connectivity index (χ2v) is 3.64. The fourth-order valence-electron chi connectivity index (χ4n) is 1.23. The average Bonchev–Trinajstić information content (AvgIpc) is 2.16. The van der Waals surface area contributed by atoms with E-state index in [-0.39, 0.29) is 6.29 Å². The van der Waals surface area contributed by atoms with Gasteiger partial charge in [0.2, 0.25) is 0 Å². The Hall–Kier alpha value is 0.517. The fourth-order valence-corrected chi connectivity index (χ4v) is 1.23. The Morgan fingerprint density at radius 1 is 1.58 bits per heavy atom. The van der Waals surface area contributed by atoms with Crippen molar-refractivity contribution in [1.82, 2.24) is 0 Å². The van der Waals surface area contributed by atoms with Crippen LogP contribution in [0.5, 0.6) is 0 Å². The topological polar surface area (TPSA) is 18.5 Å². The zero-order chi connectivity index (χ0) is 8.81. The van der Waals surface area contributed by atoms with Gasteiger partial charge in [-0.05, 0) is 0 Å². The molecule has 2 nitrogen and oxygen atoms in total. The van der Waals surface area contributed by atoms with Crippen molar-refractivity contribution in [3.05, 3.63) is 0 Å². The van der Waals surface area contributed by atoms with Crippen LogP contribution >= 0.6 is 0 Å². The Morgan fingerprint density at radius 2 is 2.42 bits per heavy atom. The Labute approximate surface area is 84.2 Å². The van der Waals surface area contributed by atoms with Gasteiger partial charge >= 0.3 is 83.9 Å². The van der Waals surface area contributed by atoms with Crippen LogP contribution in [0.25, 0.3) is 0 Å². The third-order valence-corrected chi connectivity index (χ3v) is 2.40. The SMILES string of the molecule is [Li][CH2]C(C)CO[C@@H]1CCCCO1. The molecule has 0 aromatic rings. The minimum absolute atomic E-state index is 0.0905. The molecule has 0 amide bonds. The first-order valence-electron chi connectivity index (χ1n) is 5.06. The van der Waals surface area contributed by atoms with Gasteiger partial charge in [0.1, 0.15) is 0 Å². The van der Waals surface area contributed by atoms with Gasteiger partial charge in [0.25, 0.3) is 0 Å². The van der Waals surface area contributed by atoms with Gasteiger partial charge in [0, 0.05) is 0 Å². The van der Waals surface area contributed by atoms with Crippen LogP contribution < -0.4 is 0 Å². The maximum atomic E-state index is 5.61. The fraction of sp³-hybridized carbons (Fsp3) is 1.00. The molecule has 1 unspecified atom stereocenters.